The number of nitrogens with one attached hydrogen (secondary N) is 2. The highest BCUT2D eigenvalue weighted by Gasteiger charge is 2.09. The summed E-state index contributed by atoms with van der Waals surface area (Å²) in [5.41, 5.74) is 1.57. The minimum atomic E-state index is -1.15. The van der Waals surface area contributed by atoms with Gasteiger partial charge in [-0.05, 0) is 12.1 Å². The number of carbonyl (C=O) groups is 2. The van der Waals surface area contributed by atoms with Crippen LogP contribution in [-0.2, 0) is 0 Å². The van der Waals surface area contributed by atoms with Crippen molar-refractivity contribution in [2.75, 3.05) is 5.32 Å². The van der Waals surface area contributed by atoms with Gasteiger partial charge in [-0.25, -0.2) is 4.79 Å². The number of hydrogen-bond donors (Lipinski definition) is 3. The molecule has 0 atom stereocenters. The fourth-order valence-electron chi connectivity index (χ4n) is 1.52. The summed E-state index contributed by atoms with van der Waals surface area (Å²) in [5, 5.41) is 11.5. The molecule has 0 unspecified atom stereocenters. The summed E-state index contributed by atoms with van der Waals surface area (Å²) in [4.78, 5) is 24.1. The molecular weight excluding hydrogens is 196 g/mol. The van der Waals surface area contributed by atoms with E-state index in [0.717, 1.165) is 5.52 Å². The van der Waals surface area contributed by atoms with Gasteiger partial charge in [0.2, 0.25) is 0 Å². The Hall–Kier alpha value is -2.30. The van der Waals surface area contributed by atoms with Crippen molar-refractivity contribution in [1.29, 1.82) is 0 Å². The zero-order valence-corrected chi connectivity index (χ0v) is 7.65. The molecule has 1 amide bonds. The largest absolute Gasteiger partial charge is 0.465 e. The summed E-state index contributed by atoms with van der Waals surface area (Å²) in [6, 6.07) is 5.09. The number of amides is 1. The maximum absolute atomic E-state index is 10.7. The summed E-state index contributed by atoms with van der Waals surface area (Å²) in [5.74, 6) is 0. The van der Waals surface area contributed by atoms with E-state index in [1.807, 2.05) is 0 Å². The molecule has 1 aromatic carbocycles. The lowest BCUT2D eigenvalue weighted by atomic mass is 10.1. The Bertz CT molecular complexity index is 530. The number of rotatable bonds is 2. The summed E-state index contributed by atoms with van der Waals surface area (Å²) >= 11 is 0. The summed E-state index contributed by atoms with van der Waals surface area (Å²) < 4.78 is 0. The maximum Gasteiger partial charge on any atom is 0.409 e. The number of aromatic amines is 1. The molecule has 0 aliphatic heterocycles. The number of hydrogen-bond acceptors (Lipinski definition) is 2. The molecule has 3 N–H and O–H groups in total. The monoisotopic (exact) mass is 204 g/mol. The van der Waals surface area contributed by atoms with Gasteiger partial charge in [-0.1, -0.05) is 6.07 Å². The number of H-pyrrole nitrogens is 1. The van der Waals surface area contributed by atoms with E-state index < -0.39 is 6.09 Å². The van der Waals surface area contributed by atoms with Gasteiger partial charge in [-0.3, -0.25) is 10.1 Å². The number of carboxylic acid groups (broad SMARTS) is 1. The predicted octanol–water partition coefficient (Wildman–Crippen LogP) is 2.07. The highest BCUT2D eigenvalue weighted by Crippen LogP contribution is 2.25. The van der Waals surface area contributed by atoms with Gasteiger partial charge in [-0.2, -0.15) is 0 Å². The average Bonchev–Trinajstić information content (AvgIpc) is 2.61. The summed E-state index contributed by atoms with van der Waals surface area (Å²) in [7, 11) is 0. The molecule has 0 aliphatic carbocycles. The molecule has 15 heavy (non-hydrogen) atoms. The van der Waals surface area contributed by atoms with Crippen LogP contribution >= 0.6 is 0 Å². The summed E-state index contributed by atoms with van der Waals surface area (Å²) in [6.45, 7) is 0. The van der Waals surface area contributed by atoms with E-state index in [-0.39, 0.29) is 0 Å². The minimum Gasteiger partial charge on any atom is -0.465 e. The molecule has 0 bridgehead atoms. The Balaban J connectivity index is 2.66. The van der Waals surface area contributed by atoms with Gasteiger partial charge in [0.05, 0.1) is 5.69 Å². The topological polar surface area (TPSA) is 82.2 Å². The van der Waals surface area contributed by atoms with Crippen LogP contribution in [0.2, 0.25) is 0 Å². The lowest BCUT2D eigenvalue weighted by Gasteiger charge is -2.02. The SMILES string of the molecule is O=Cc1c[nH]c2cccc(NC(=O)O)c12. The fourth-order valence-corrected chi connectivity index (χ4v) is 1.52. The molecule has 2 rings (SSSR count). The Morgan fingerprint density at radius 2 is 2.27 bits per heavy atom. The van der Waals surface area contributed by atoms with Gasteiger partial charge >= 0.3 is 6.09 Å². The predicted molar refractivity (Wildman–Crippen MR) is 55.3 cm³/mol. The second kappa shape index (κ2) is 3.45. The molecule has 0 aliphatic rings. The van der Waals surface area contributed by atoms with E-state index in [4.69, 9.17) is 5.11 Å². The van der Waals surface area contributed by atoms with Crippen molar-refractivity contribution in [3.8, 4) is 0 Å². The van der Waals surface area contributed by atoms with Crippen LogP contribution in [0, 0.1) is 0 Å². The second-order valence-electron chi connectivity index (χ2n) is 3.02. The van der Waals surface area contributed by atoms with Crippen LogP contribution in [0.15, 0.2) is 24.4 Å². The first-order valence-corrected chi connectivity index (χ1v) is 4.27. The maximum atomic E-state index is 10.7. The van der Waals surface area contributed by atoms with E-state index >= 15 is 0 Å². The van der Waals surface area contributed by atoms with Crippen LogP contribution in [0.3, 0.4) is 0 Å². The lowest BCUT2D eigenvalue weighted by Crippen LogP contribution is -2.07. The smallest absolute Gasteiger partial charge is 0.409 e. The van der Waals surface area contributed by atoms with Crippen LogP contribution in [-0.4, -0.2) is 22.5 Å². The molecule has 0 radical (unpaired) electrons. The highest BCUT2D eigenvalue weighted by molar-refractivity contribution is 6.07. The number of fused-ring (bicyclic) bond motifs is 1. The Morgan fingerprint density at radius 3 is 2.93 bits per heavy atom. The zero-order valence-electron chi connectivity index (χ0n) is 7.65. The van der Waals surface area contributed by atoms with E-state index in [9.17, 15) is 9.59 Å². The first kappa shape index (κ1) is 9.26. The average molecular weight is 204 g/mol. The van der Waals surface area contributed by atoms with Gasteiger partial charge in [0.15, 0.2) is 6.29 Å². The number of anilines is 1. The number of carbonyl (C=O) groups excluding carboxylic acids is 1. The van der Waals surface area contributed by atoms with Crippen LogP contribution in [0.5, 0.6) is 0 Å². The van der Waals surface area contributed by atoms with E-state index in [0.29, 0.717) is 22.9 Å². The number of aromatic nitrogens is 1. The van der Waals surface area contributed by atoms with Gasteiger partial charge in [0.25, 0.3) is 0 Å². The quantitative estimate of drug-likeness (QED) is 0.655. The molecule has 2 aromatic rings. The Labute approximate surface area is 84.7 Å². The van der Waals surface area contributed by atoms with Gasteiger partial charge < -0.3 is 10.1 Å². The second-order valence-corrected chi connectivity index (χ2v) is 3.02. The lowest BCUT2D eigenvalue weighted by molar-refractivity contribution is 0.112. The number of aldehydes is 1. The van der Waals surface area contributed by atoms with Gasteiger partial charge in [0.1, 0.15) is 0 Å². The van der Waals surface area contributed by atoms with Gasteiger partial charge in [0, 0.05) is 22.7 Å². The molecule has 1 aromatic heterocycles. The van der Waals surface area contributed by atoms with Crippen molar-refractivity contribution in [3.63, 3.8) is 0 Å². The third-order valence-corrected chi connectivity index (χ3v) is 2.10. The Morgan fingerprint density at radius 1 is 1.47 bits per heavy atom. The summed E-state index contributed by atoms with van der Waals surface area (Å²) in [6.07, 6.45) is 1.08. The van der Waals surface area contributed by atoms with Crippen molar-refractivity contribution in [3.05, 3.63) is 30.0 Å². The molecule has 0 fully saturated rings. The molecule has 0 saturated carbocycles. The van der Waals surface area contributed by atoms with E-state index in [1.165, 1.54) is 0 Å². The molecule has 76 valence electrons. The van der Waals surface area contributed by atoms with Crippen LogP contribution in [0.25, 0.3) is 10.9 Å². The van der Waals surface area contributed by atoms with Crippen molar-refractivity contribution < 1.29 is 14.7 Å². The molecule has 5 heteroatoms. The van der Waals surface area contributed by atoms with Crippen LogP contribution in [0.1, 0.15) is 10.4 Å². The third-order valence-electron chi connectivity index (χ3n) is 2.10. The van der Waals surface area contributed by atoms with Crippen molar-refractivity contribution >= 4 is 29.0 Å². The van der Waals surface area contributed by atoms with Crippen molar-refractivity contribution in [2.24, 2.45) is 0 Å². The first-order valence-electron chi connectivity index (χ1n) is 4.27. The standard InChI is InChI=1S/C10H8N2O3/c13-5-6-4-11-7-2-1-3-8(9(6)7)12-10(14)15/h1-5,11-12H,(H,14,15). The van der Waals surface area contributed by atoms with Crippen molar-refractivity contribution in [2.45, 2.75) is 0 Å². The van der Waals surface area contributed by atoms with Crippen LogP contribution < -0.4 is 5.32 Å². The van der Waals surface area contributed by atoms with Gasteiger partial charge in [-0.15, -0.1) is 0 Å². The molecule has 5 nitrogen and oxygen atoms in total. The first-order chi connectivity index (χ1) is 7.22. The molecule has 0 saturated heterocycles. The van der Waals surface area contributed by atoms with Crippen molar-refractivity contribution in [1.82, 2.24) is 4.98 Å². The molecule has 1 heterocycles. The van der Waals surface area contributed by atoms with Crippen LogP contribution in [0.4, 0.5) is 10.5 Å². The third kappa shape index (κ3) is 1.54. The normalized spacial score (nSPS) is 10.1. The molecular formula is C10H8N2O3. The zero-order chi connectivity index (χ0) is 10.8. The fraction of sp³-hybridized carbons (Fsp3) is 0. The Kier molecular flexibility index (Phi) is 2.13. The highest BCUT2D eigenvalue weighted by atomic mass is 16.4. The van der Waals surface area contributed by atoms with E-state index in [1.54, 1.807) is 24.4 Å². The molecule has 0 spiro atoms. The number of benzene rings is 1. The minimum absolute atomic E-state index is 0.406. The van der Waals surface area contributed by atoms with E-state index in [2.05, 4.69) is 10.3 Å².